The van der Waals surface area contributed by atoms with Gasteiger partial charge in [-0.3, -0.25) is 9.78 Å². The maximum atomic E-state index is 11.9. The molecule has 0 saturated carbocycles. The molecule has 7 heteroatoms. The number of amides is 1. The van der Waals surface area contributed by atoms with E-state index in [0.29, 0.717) is 18.7 Å². The molecule has 0 aliphatic rings. The van der Waals surface area contributed by atoms with Gasteiger partial charge in [0.1, 0.15) is 12.0 Å². The second-order valence-corrected chi connectivity index (χ2v) is 4.76. The van der Waals surface area contributed by atoms with Gasteiger partial charge in [-0.15, -0.1) is 0 Å². The second kappa shape index (κ2) is 6.69. The highest BCUT2D eigenvalue weighted by molar-refractivity contribution is 5.93. The van der Waals surface area contributed by atoms with Crippen molar-refractivity contribution >= 4 is 5.91 Å². The van der Waals surface area contributed by atoms with Gasteiger partial charge in [-0.2, -0.15) is 0 Å². The van der Waals surface area contributed by atoms with Crippen LogP contribution < -0.4 is 10.9 Å². The molecule has 1 N–H and O–H groups in total. The van der Waals surface area contributed by atoms with E-state index < -0.39 is 5.63 Å². The van der Waals surface area contributed by atoms with E-state index in [1.165, 1.54) is 12.1 Å². The van der Waals surface area contributed by atoms with Gasteiger partial charge in [0.05, 0.1) is 5.56 Å². The van der Waals surface area contributed by atoms with Crippen LogP contribution in [0.5, 0.6) is 0 Å². The van der Waals surface area contributed by atoms with Crippen LogP contribution in [0.2, 0.25) is 0 Å². The molecule has 3 rings (SSSR count). The Bertz CT molecular complexity index is 835. The molecule has 0 fully saturated rings. The Morgan fingerprint density at radius 1 is 1.17 bits per heavy atom. The Hall–Kier alpha value is -3.22. The first kappa shape index (κ1) is 14.7. The van der Waals surface area contributed by atoms with E-state index in [4.69, 9.17) is 0 Å². The standard InChI is InChI=1S/C16H14N4O3/c21-14-5-4-12(11-23-14)16(22)19-8-10-20-9-7-18-15(20)13-3-1-2-6-17-13/h1-7,9,11H,8,10H2,(H,19,22). The minimum absolute atomic E-state index is 0.298. The zero-order chi connectivity index (χ0) is 16.1. The van der Waals surface area contributed by atoms with Crippen LogP contribution in [0.4, 0.5) is 0 Å². The summed E-state index contributed by atoms with van der Waals surface area (Å²) >= 11 is 0. The number of imidazole rings is 1. The molecule has 0 spiro atoms. The first-order valence-corrected chi connectivity index (χ1v) is 7.03. The Kier molecular flexibility index (Phi) is 4.28. The minimum atomic E-state index is -0.486. The van der Waals surface area contributed by atoms with Crippen molar-refractivity contribution in [3.05, 3.63) is 71.2 Å². The smallest absolute Gasteiger partial charge is 0.335 e. The van der Waals surface area contributed by atoms with Gasteiger partial charge in [-0.25, -0.2) is 9.78 Å². The van der Waals surface area contributed by atoms with Crippen molar-refractivity contribution in [3.63, 3.8) is 0 Å². The molecule has 3 heterocycles. The van der Waals surface area contributed by atoms with Crippen molar-refractivity contribution in [2.75, 3.05) is 6.54 Å². The molecule has 0 unspecified atom stereocenters. The van der Waals surface area contributed by atoms with Crippen molar-refractivity contribution in [1.82, 2.24) is 19.9 Å². The first-order valence-electron chi connectivity index (χ1n) is 7.03. The molecule has 1 amide bonds. The Balaban J connectivity index is 1.61. The average Bonchev–Trinajstić information content (AvgIpc) is 3.05. The third-order valence-corrected chi connectivity index (χ3v) is 3.21. The van der Waals surface area contributed by atoms with Gasteiger partial charge in [-0.05, 0) is 18.2 Å². The molecule has 23 heavy (non-hydrogen) atoms. The normalized spacial score (nSPS) is 10.4. The predicted octanol–water partition coefficient (Wildman–Crippen LogP) is 1.33. The fraction of sp³-hybridized carbons (Fsp3) is 0.125. The fourth-order valence-corrected chi connectivity index (χ4v) is 2.10. The van der Waals surface area contributed by atoms with Gasteiger partial charge in [-0.1, -0.05) is 6.07 Å². The monoisotopic (exact) mass is 310 g/mol. The maximum Gasteiger partial charge on any atom is 0.335 e. The number of rotatable bonds is 5. The molecule has 7 nitrogen and oxygen atoms in total. The SMILES string of the molecule is O=C(NCCn1ccnc1-c1ccccn1)c1ccc(=O)oc1. The molecule has 0 aliphatic heterocycles. The van der Waals surface area contributed by atoms with Crippen LogP contribution in [0.1, 0.15) is 10.4 Å². The summed E-state index contributed by atoms with van der Waals surface area (Å²) in [6.45, 7) is 0.961. The van der Waals surface area contributed by atoms with Crippen molar-refractivity contribution in [3.8, 4) is 11.5 Å². The van der Waals surface area contributed by atoms with Crippen molar-refractivity contribution < 1.29 is 9.21 Å². The van der Waals surface area contributed by atoms with Crippen LogP contribution in [0.25, 0.3) is 11.5 Å². The van der Waals surface area contributed by atoms with Gasteiger partial charge >= 0.3 is 5.63 Å². The molecular formula is C16H14N4O3. The van der Waals surface area contributed by atoms with Crippen molar-refractivity contribution in [2.24, 2.45) is 0 Å². The zero-order valence-corrected chi connectivity index (χ0v) is 12.2. The number of hydrogen-bond acceptors (Lipinski definition) is 5. The molecule has 0 saturated heterocycles. The predicted molar refractivity (Wildman–Crippen MR) is 82.8 cm³/mol. The summed E-state index contributed by atoms with van der Waals surface area (Å²) in [6.07, 6.45) is 6.38. The van der Waals surface area contributed by atoms with Crippen LogP contribution in [0.3, 0.4) is 0 Å². The van der Waals surface area contributed by atoms with Gasteiger partial charge in [0, 0.05) is 37.7 Å². The topological polar surface area (TPSA) is 90.0 Å². The van der Waals surface area contributed by atoms with Crippen molar-refractivity contribution in [1.29, 1.82) is 0 Å². The van der Waals surface area contributed by atoms with Crippen LogP contribution in [-0.2, 0) is 6.54 Å². The summed E-state index contributed by atoms with van der Waals surface area (Å²) in [4.78, 5) is 31.4. The molecule has 3 aromatic heterocycles. The number of nitrogens with zero attached hydrogens (tertiary/aromatic N) is 3. The number of carbonyl (C=O) groups is 1. The Labute approximate surface area is 131 Å². The minimum Gasteiger partial charge on any atom is -0.430 e. The highest BCUT2D eigenvalue weighted by Gasteiger charge is 2.08. The number of carbonyl (C=O) groups excluding carboxylic acids is 1. The highest BCUT2D eigenvalue weighted by atomic mass is 16.4. The quantitative estimate of drug-likeness (QED) is 0.768. The van der Waals surface area contributed by atoms with E-state index in [-0.39, 0.29) is 5.91 Å². The summed E-state index contributed by atoms with van der Waals surface area (Å²) in [5.41, 5.74) is 0.591. The molecule has 116 valence electrons. The highest BCUT2D eigenvalue weighted by Crippen LogP contribution is 2.13. The fourth-order valence-electron chi connectivity index (χ4n) is 2.10. The number of nitrogens with one attached hydrogen (secondary N) is 1. The van der Waals surface area contributed by atoms with Crippen LogP contribution in [0, 0.1) is 0 Å². The summed E-state index contributed by atoms with van der Waals surface area (Å²) < 4.78 is 6.58. The average molecular weight is 310 g/mol. The summed E-state index contributed by atoms with van der Waals surface area (Å²) in [5, 5.41) is 2.77. The summed E-state index contributed by atoms with van der Waals surface area (Å²) in [5.74, 6) is 0.443. The van der Waals surface area contributed by atoms with E-state index in [2.05, 4.69) is 19.7 Å². The number of hydrogen-bond donors (Lipinski definition) is 1. The molecule has 3 aromatic rings. The van der Waals surface area contributed by atoms with E-state index in [0.717, 1.165) is 17.8 Å². The molecule has 0 aliphatic carbocycles. The zero-order valence-electron chi connectivity index (χ0n) is 12.2. The molecule has 0 aromatic carbocycles. The lowest BCUT2D eigenvalue weighted by Gasteiger charge is -2.08. The lowest BCUT2D eigenvalue weighted by atomic mass is 10.3. The first-order chi connectivity index (χ1) is 11.2. The van der Waals surface area contributed by atoms with Crippen LogP contribution >= 0.6 is 0 Å². The van der Waals surface area contributed by atoms with Gasteiger partial charge in [0.25, 0.3) is 5.91 Å². The van der Waals surface area contributed by atoms with E-state index in [1.54, 1.807) is 12.4 Å². The maximum absolute atomic E-state index is 11.9. The second-order valence-electron chi connectivity index (χ2n) is 4.76. The number of pyridine rings is 1. The van der Waals surface area contributed by atoms with Gasteiger partial charge in [0.15, 0.2) is 5.82 Å². The lowest BCUT2D eigenvalue weighted by molar-refractivity contribution is 0.0950. The molecule has 0 bridgehead atoms. The van der Waals surface area contributed by atoms with Crippen molar-refractivity contribution in [2.45, 2.75) is 6.54 Å². The lowest BCUT2D eigenvalue weighted by Crippen LogP contribution is -2.27. The van der Waals surface area contributed by atoms with Crippen LogP contribution in [0.15, 0.2) is 64.4 Å². The third kappa shape index (κ3) is 3.52. The molecular weight excluding hydrogens is 296 g/mol. The van der Waals surface area contributed by atoms with E-state index in [1.807, 2.05) is 29.0 Å². The van der Waals surface area contributed by atoms with E-state index in [9.17, 15) is 9.59 Å². The molecule has 0 radical (unpaired) electrons. The van der Waals surface area contributed by atoms with Gasteiger partial charge < -0.3 is 14.3 Å². The van der Waals surface area contributed by atoms with E-state index >= 15 is 0 Å². The van der Waals surface area contributed by atoms with Gasteiger partial charge in [0.2, 0.25) is 0 Å². The summed E-state index contributed by atoms with van der Waals surface area (Å²) in [7, 11) is 0. The third-order valence-electron chi connectivity index (χ3n) is 3.21. The Morgan fingerprint density at radius 2 is 2.09 bits per heavy atom. The Morgan fingerprint density at radius 3 is 2.83 bits per heavy atom. The largest absolute Gasteiger partial charge is 0.430 e. The molecule has 0 atom stereocenters. The summed E-state index contributed by atoms with van der Waals surface area (Å²) in [6, 6.07) is 8.26. The number of aromatic nitrogens is 3. The van der Waals surface area contributed by atoms with Crippen LogP contribution in [-0.4, -0.2) is 27.0 Å².